The van der Waals surface area contributed by atoms with E-state index in [0.717, 1.165) is 16.5 Å². The molecule has 2 rings (SSSR count). The van der Waals surface area contributed by atoms with Crippen LogP contribution in [0.2, 0.25) is 0 Å². The van der Waals surface area contributed by atoms with E-state index >= 15 is 0 Å². The van der Waals surface area contributed by atoms with Crippen molar-refractivity contribution in [1.82, 2.24) is 4.73 Å². The Morgan fingerprint density at radius 1 is 1.43 bits per heavy atom. The van der Waals surface area contributed by atoms with Gasteiger partial charge in [0.15, 0.2) is 0 Å². The SMILES string of the molecule is COn1cc(/C=N\O)c2ccccc21. The van der Waals surface area contributed by atoms with E-state index in [-0.39, 0.29) is 0 Å². The number of hydrogen-bond donors (Lipinski definition) is 1. The largest absolute Gasteiger partial charge is 0.417 e. The van der Waals surface area contributed by atoms with E-state index in [2.05, 4.69) is 5.16 Å². The summed E-state index contributed by atoms with van der Waals surface area (Å²) in [6, 6.07) is 7.74. The van der Waals surface area contributed by atoms with Crippen molar-refractivity contribution < 1.29 is 10.0 Å². The lowest BCUT2D eigenvalue weighted by Gasteiger charge is -1.99. The molecule has 2 aromatic rings. The molecule has 1 heterocycles. The van der Waals surface area contributed by atoms with E-state index < -0.39 is 0 Å². The third-order valence-corrected chi connectivity index (χ3v) is 2.10. The number of benzene rings is 1. The van der Waals surface area contributed by atoms with Crippen molar-refractivity contribution in [2.45, 2.75) is 0 Å². The molecule has 4 heteroatoms. The van der Waals surface area contributed by atoms with Crippen molar-refractivity contribution in [3.05, 3.63) is 36.0 Å². The molecular weight excluding hydrogens is 180 g/mol. The molecule has 14 heavy (non-hydrogen) atoms. The summed E-state index contributed by atoms with van der Waals surface area (Å²) in [5, 5.41) is 12.5. The van der Waals surface area contributed by atoms with Crippen molar-refractivity contribution >= 4 is 17.1 Å². The number of hydrogen-bond acceptors (Lipinski definition) is 3. The Balaban J connectivity index is 2.73. The van der Waals surface area contributed by atoms with Gasteiger partial charge in [-0.25, -0.2) is 0 Å². The van der Waals surface area contributed by atoms with Gasteiger partial charge >= 0.3 is 0 Å². The number of para-hydroxylation sites is 1. The van der Waals surface area contributed by atoms with Crippen LogP contribution >= 0.6 is 0 Å². The van der Waals surface area contributed by atoms with Gasteiger partial charge in [-0.2, -0.15) is 4.73 Å². The monoisotopic (exact) mass is 190 g/mol. The topological polar surface area (TPSA) is 46.8 Å². The van der Waals surface area contributed by atoms with Crippen LogP contribution in [-0.4, -0.2) is 23.3 Å². The Morgan fingerprint density at radius 2 is 2.21 bits per heavy atom. The zero-order chi connectivity index (χ0) is 9.97. The Hall–Kier alpha value is -1.97. The van der Waals surface area contributed by atoms with E-state index in [4.69, 9.17) is 10.0 Å². The summed E-state index contributed by atoms with van der Waals surface area (Å²) in [6.45, 7) is 0. The van der Waals surface area contributed by atoms with Crippen molar-refractivity contribution in [3.8, 4) is 0 Å². The molecule has 0 aliphatic heterocycles. The highest BCUT2D eigenvalue weighted by Crippen LogP contribution is 2.18. The maximum Gasteiger partial charge on any atom is 0.104 e. The Bertz CT molecular complexity index is 474. The fraction of sp³-hybridized carbons (Fsp3) is 0.100. The van der Waals surface area contributed by atoms with Gasteiger partial charge in [0.25, 0.3) is 0 Å². The second kappa shape index (κ2) is 3.41. The average molecular weight is 190 g/mol. The fourth-order valence-corrected chi connectivity index (χ4v) is 1.49. The second-order valence-corrected chi connectivity index (χ2v) is 2.85. The molecule has 0 fully saturated rings. The molecule has 0 radical (unpaired) electrons. The number of fused-ring (bicyclic) bond motifs is 1. The summed E-state index contributed by atoms with van der Waals surface area (Å²) in [7, 11) is 1.59. The van der Waals surface area contributed by atoms with Crippen LogP contribution in [0.15, 0.2) is 35.6 Å². The summed E-state index contributed by atoms with van der Waals surface area (Å²) in [4.78, 5) is 5.13. The van der Waals surface area contributed by atoms with E-state index in [1.165, 1.54) is 6.21 Å². The molecule has 0 amide bonds. The van der Waals surface area contributed by atoms with E-state index in [1.807, 2.05) is 24.3 Å². The van der Waals surface area contributed by atoms with Crippen molar-refractivity contribution in [2.75, 3.05) is 7.11 Å². The smallest absolute Gasteiger partial charge is 0.104 e. The van der Waals surface area contributed by atoms with E-state index in [9.17, 15) is 0 Å². The van der Waals surface area contributed by atoms with Crippen molar-refractivity contribution in [3.63, 3.8) is 0 Å². The Kier molecular flexibility index (Phi) is 2.10. The zero-order valence-electron chi connectivity index (χ0n) is 7.71. The molecule has 0 saturated heterocycles. The van der Waals surface area contributed by atoms with Crippen molar-refractivity contribution in [2.24, 2.45) is 5.16 Å². The predicted octanol–water partition coefficient (Wildman–Crippen LogP) is 1.51. The van der Waals surface area contributed by atoms with E-state index in [0.29, 0.717) is 0 Å². The summed E-state index contributed by atoms with van der Waals surface area (Å²) in [5.41, 5.74) is 1.77. The molecule has 4 nitrogen and oxygen atoms in total. The van der Waals surface area contributed by atoms with Gasteiger partial charge in [0.1, 0.15) is 7.11 Å². The fourth-order valence-electron chi connectivity index (χ4n) is 1.49. The average Bonchev–Trinajstić information content (AvgIpc) is 2.58. The third kappa shape index (κ3) is 1.21. The first kappa shape index (κ1) is 8.62. The first-order valence-electron chi connectivity index (χ1n) is 4.19. The van der Waals surface area contributed by atoms with Crippen LogP contribution in [-0.2, 0) is 0 Å². The molecule has 1 N–H and O–H groups in total. The van der Waals surface area contributed by atoms with Crippen molar-refractivity contribution in [1.29, 1.82) is 0 Å². The quantitative estimate of drug-likeness (QED) is 0.443. The van der Waals surface area contributed by atoms with Gasteiger partial charge in [-0.15, -0.1) is 0 Å². The van der Waals surface area contributed by atoms with Gasteiger partial charge in [-0.3, -0.25) is 0 Å². The Morgan fingerprint density at radius 3 is 2.93 bits per heavy atom. The first-order chi connectivity index (χ1) is 6.86. The molecular formula is C10H10N2O2. The minimum atomic E-state index is 0.824. The number of rotatable bonds is 2. The molecule has 72 valence electrons. The van der Waals surface area contributed by atoms with Gasteiger partial charge in [0, 0.05) is 10.9 Å². The predicted molar refractivity (Wildman–Crippen MR) is 53.8 cm³/mol. The van der Waals surface area contributed by atoms with Crippen LogP contribution in [0.3, 0.4) is 0 Å². The molecule has 0 bridgehead atoms. The van der Waals surface area contributed by atoms with Gasteiger partial charge in [-0.1, -0.05) is 23.4 Å². The highest BCUT2D eigenvalue weighted by Gasteiger charge is 2.05. The summed E-state index contributed by atoms with van der Waals surface area (Å²) >= 11 is 0. The van der Waals surface area contributed by atoms with Gasteiger partial charge < -0.3 is 10.0 Å². The lowest BCUT2D eigenvalue weighted by Crippen LogP contribution is -2.02. The third-order valence-electron chi connectivity index (χ3n) is 2.10. The van der Waals surface area contributed by atoms with Crippen LogP contribution < -0.4 is 4.84 Å². The number of nitrogens with zero attached hydrogens (tertiary/aromatic N) is 2. The van der Waals surface area contributed by atoms with Crippen LogP contribution in [0.5, 0.6) is 0 Å². The Labute approximate surface area is 81.0 Å². The minimum Gasteiger partial charge on any atom is -0.417 e. The highest BCUT2D eigenvalue weighted by molar-refractivity contribution is 5.99. The standard InChI is InChI=1S/C10H10N2O2/c1-14-12-7-8(6-11-13)9-4-2-3-5-10(9)12/h2-7,13H,1H3/b11-6-. The van der Waals surface area contributed by atoms with Gasteiger partial charge in [0.05, 0.1) is 17.9 Å². The first-order valence-corrected chi connectivity index (χ1v) is 4.19. The minimum absolute atomic E-state index is 0.824. The lowest BCUT2D eigenvalue weighted by atomic mass is 10.2. The van der Waals surface area contributed by atoms with E-state index in [1.54, 1.807) is 18.0 Å². The number of oxime groups is 1. The molecule has 0 spiro atoms. The normalized spacial score (nSPS) is 11.2. The molecule has 0 unspecified atom stereocenters. The van der Waals surface area contributed by atoms with Crippen LogP contribution in [0.1, 0.15) is 5.56 Å². The van der Waals surface area contributed by atoms with Crippen LogP contribution in [0.25, 0.3) is 10.9 Å². The number of aromatic nitrogens is 1. The summed E-state index contributed by atoms with van der Waals surface area (Å²) in [6.07, 6.45) is 3.16. The van der Waals surface area contributed by atoms with Gasteiger partial charge in [0.2, 0.25) is 0 Å². The van der Waals surface area contributed by atoms with Crippen LogP contribution in [0, 0.1) is 0 Å². The molecule has 0 saturated carbocycles. The maximum atomic E-state index is 8.48. The molecule has 0 aliphatic rings. The molecule has 1 aromatic carbocycles. The zero-order valence-corrected chi connectivity index (χ0v) is 7.71. The molecule has 0 aliphatic carbocycles. The highest BCUT2D eigenvalue weighted by atomic mass is 16.6. The maximum absolute atomic E-state index is 8.48. The molecule has 0 atom stereocenters. The van der Waals surface area contributed by atoms with Crippen LogP contribution in [0.4, 0.5) is 0 Å². The van der Waals surface area contributed by atoms with Gasteiger partial charge in [-0.05, 0) is 6.07 Å². The summed E-state index contributed by atoms with van der Waals surface area (Å²) in [5.74, 6) is 0. The molecule has 1 aromatic heterocycles. The second-order valence-electron chi connectivity index (χ2n) is 2.85. The summed E-state index contributed by atoms with van der Waals surface area (Å²) < 4.78 is 1.63. The lowest BCUT2D eigenvalue weighted by molar-refractivity contribution is 0.179.